The fraction of sp³-hybridized carbons (Fsp3) is 1.00. The topological polar surface area (TPSA) is 80.9 Å². The molecule has 4 nitrogen and oxygen atoms in total. The Morgan fingerprint density at radius 3 is 0.833 bits per heavy atom. The molecular formula is C8H16O4. The van der Waals surface area contributed by atoms with Crippen molar-refractivity contribution in [3.05, 3.63) is 0 Å². The van der Waals surface area contributed by atoms with Gasteiger partial charge in [0.05, 0.1) is 24.4 Å². The van der Waals surface area contributed by atoms with Crippen molar-refractivity contribution >= 4 is 0 Å². The SMILES string of the molecule is OC1CCC(O)C(O)CCC1O. The molecule has 1 aliphatic rings. The van der Waals surface area contributed by atoms with E-state index in [9.17, 15) is 20.4 Å². The third-order valence-electron chi connectivity index (χ3n) is 2.40. The van der Waals surface area contributed by atoms with Crippen LogP contribution in [0.4, 0.5) is 0 Å². The van der Waals surface area contributed by atoms with E-state index in [1.54, 1.807) is 0 Å². The van der Waals surface area contributed by atoms with Crippen LogP contribution in [-0.4, -0.2) is 44.8 Å². The van der Waals surface area contributed by atoms with Crippen LogP contribution in [0.3, 0.4) is 0 Å². The molecule has 1 rings (SSSR count). The Bertz CT molecular complexity index is 107. The average Bonchev–Trinajstić information content (AvgIpc) is 2.07. The molecule has 0 aromatic heterocycles. The van der Waals surface area contributed by atoms with Gasteiger partial charge < -0.3 is 20.4 Å². The summed E-state index contributed by atoms with van der Waals surface area (Å²) < 4.78 is 0. The summed E-state index contributed by atoms with van der Waals surface area (Å²) in [6.45, 7) is 0. The first-order valence-corrected chi connectivity index (χ1v) is 4.33. The lowest BCUT2D eigenvalue weighted by atomic mass is 9.93. The maximum atomic E-state index is 9.24. The molecule has 0 radical (unpaired) electrons. The monoisotopic (exact) mass is 176 g/mol. The van der Waals surface area contributed by atoms with Gasteiger partial charge in [-0.1, -0.05) is 0 Å². The van der Waals surface area contributed by atoms with Gasteiger partial charge in [0.1, 0.15) is 0 Å². The summed E-state index contributed by atoms with van der Waals surface area (Å²) in [4.78, 5) is 0. The van der Waals surface area contributed by atoms with Crippen molar-refractivity contribution in [3.8, 4) is 0 Å². The number of rotatable bonds is 0. The Hall–Kier alpha value is -0.160. The summed E-state index contributed by atoms with van der Waals surface area (Å²) >= 11 is 0. The summed E-state index contributed by atoms with van der Waals surface area (Å²) in [5.74, 6) is 0. The lowest BCUT2D eigenvalue weighted by Gasteiger charge is -2.26. The molecular weight excluding hydrogens is 160 g/mol. The van der Waals surface area contributed by atoms with Gasteiger partial charge in [0.2, 0.25) is 0 Å². The van der Waals surface area contributed by atoms with Gasteiger partial charge in [0, 0.05) is 0 Å². The van der Waals surface area contributed by atoms with E-state index in [1.165, 1.54) is 0 Å². The molecule has 0 spiro atoms. The summed E-state index contributed by atoms with van der Waals surface area (Å²) in [6, 6.07) is 0. The number of aliphatic hydroxyl groups is 4. The predicted molar refractivity (Wildman–Crippen MR) is 42.5 cm³/mol. The molecule has 0 aromatic carbocycles. The van der Waals surface area contributed by atoms with Crippen LogP contribution in [0.15, 0.2) is 0 Å². The third kappa shape index (κ3) is 2.42. The van der Waals surface area contributed by atoms with Gasteiger partial charge in [-0.05, 0) is 25.7 Å². The first-order valence-electron chi connectivity index (χ1n) is 4.33. The van der Waals surface area contributed by atoms with Crippen LogP contribution < -0.4 is 0 Å². The minimum atomic E-state index is -0.757. The maximum Gasteiger partial charge on any atom is 0.0800 e. The van der Waals surface area contributed by atoms with Gasteiger partial charge in [-0.25, -0.2) is 0 Å². The Morgan fingerprint density at radius 1 is 0.500 bits per heavy atom. The van der Waals surface area contributed by atoms with E-state index >= 15 is 0 Å². The molecule has 1 fully saturated rings. The van der Waals surface area contributed by atoms with E-state index < -0.39 is 24.4 Å². The van der Waals surface area contributed by atoms with E-state index in [4.69, 9.17) is 0 Å². The Balaban J connectivity index is 2.45. The van der Waals surface area contributed by atoms with Crippen molar-refractivity contribution in [2.75, 3.05) is 0 Å². The largest absolute Gasteiger partial charge is 0.390 e. The molecule has 0 aliphatic heterocycles. The second kappa shape index (κ2) is 4.18. The molecule has 0 bridgehead atoms. The van der Waals surface area contributed by atoms with E-state index in [0.717, 1.165) is 0 Å². The highest BCUT2D eigenvalue weighted by molar-refractivity contribution is 4.78. The molecule has 0 aromatic rings. The molecule has 0 heterocycles. The smallest absolute Gasteiger partial charge is 0.0800 e. The summed E-state index contributed by atoms with van der Waals surface area (Å²) in [7, 11) is 0. The van der Waals surface area contributed by atoms with Crippen LogP contribution in [0.5, 0.6) is 0 Å². The molecule has 1 saturated carbocycles. The van der Waals surface area contributed by atoms with Gasteiger partial charge in [-0.3, -0.25) is 0 Å². The highest BCUT2D eigenvalue weighted by Gasteiger charge is 2.25. The molecule has 4 unspecified atom stereocenters. The van der Waals surface area contributed by atoms with Gasteiger partial charge >= 0.3 is 0 Å². The third-order valence-corrected chi connectivity index (χ3v) is 2.40. The van der Waals surface area contributed by atoms with Gasteiger partial charge in [0.25, 0.3) is 0 Å². The van der Waals surface area contributed by atoms with E-state index in [-0.39, 0.29) is 0 Å². The average molecular weight is 176 g/mol. The zero-order chi connectivity index (χ0) is 9.14. The first kappa shape index (κ1) is 9.92. The van der Waals surface area contributed by atoms with Crippen LogP contribution in [0, 0.1) is 0 Å². The lowest BCUT2D eigenvalue weighted by Crippen LogP contribution is -2.35. The predicted octanol–water partition coefficient (Wildman–Crippen LogP) is -0.996. The van der Waals surface area contributed by atoms with E-state index in [2.05, 4.69) is 0 Å². The van der Waals surface area contributed by atoms with Crippen molar-refractivity contribution in [2.45, 2.75) is 50.1 Å². The van der Waals surface area contributed by atoms with Gasteiger partial charge in [-0.15, -0.1) is 0 Å². The first-order chi connectivity index (χ1) is 5.61. The van der Waals surface area contributed by atoms with Crippen LogP contribution in [0.1, 0.15) is 25.7 Å². The second-order valence-corrected chi connectivity index (χ2v) is 3.42. The van der Waals surface area contributed by atoms with Gasteiger partial charge in [-0.2, -0.15) is 0 Å². The zero-order valence-corrected chi connectivity index (χ0v) is 6.93. The molecule has 4 heteroatoms. The van der Waals surface area contributed by atoms with Crippen molar-refractivity contribution < 1.29 is 20.4 Å². The quantitative estimate of drug-likeness (QED) is 0.382. The molecule has 4 atom stereocenters. The zero-order valence-electron chi connectivity index (χ0n) is 6.93. The minimum absolute atomic E-state index is 0.347. The second-order valence-electron chi connectivity index (χ2n) is 3.42. The minimum Gasteiger partial charge on any atom is -0.390 e. The standard InChI is InChI=1S/C8H16O4/c9-5-1-2-6(10)8(12)4-3-7(5)11/h5-12H,1-4H2. The van der Waals surface area contributed by atoms with Gasteiger partial charge in [0.15, 0.2) is 0 Å². The van der Waals surface area contributed by atoms with Crippen LogP contribution in [-0.2, 0) is 0 Å². The van der Waals surface area contributed by atoms with Crippen molar-refractivity contribution in [3.63, 3.8) is 0 Å². The Morgan fingerprint density at radius 2 is 0.667 bits per heavy atom. The van der Waals surface area contributed by atoms with Crippen molar-refractivity contribution in [1.29, 1.82) is 0 Å². The van der Waals surface area contributed by atoms with Crippen molar-refractivity contribution in [1.82, 2.24) is 0 Å². The highest BCUT2D eigenvalue weighted by Crippen LogP contribution is 2.18. The number of hydrogen-bond donors (Lipinski definition) is 4. The van der Waals surface area contributed by atoms with Crippen molar-refractivity contribution in [2.24, 2.45) is 0 Å². The number of hydrogen-bond acceptors (Lipinski definition) is 4. The summed E-state index contributed by atoms with van der Waals surface area (Å²) in [5, 5.41) is 37.0. The molecule has 72 valence electrons. The van der Waals surface area contributed by atoms with E-state index in [1.807, 2.05) is 0 Å². The Kier molecular flexibility index (Phi) is 3.46. The molecule has 1 aliphatic carbocycles. The normalized spacial score (nSPS) is 45.0. The lowest BCUT2D eigenvalue weighted by molar-refractivity contribution is -0.0519. The summed E-state index contributed by atoms with van der Waals surface area (Å²) in [6.07, 6.45) is -1.64. The van der Waals surface area contributed by atoms with Crippen LogP contribution >= 0.6 is 0 Å². The highest BCUT2D eigenvalue weighted by atomic mass is 16.3. The molecule has 12 heavy (non-hydrogen) atoms. The molecule has 0 amide bonds. The number of aliphatic hydroxyl groups excluding tert-OH is 4. The maximum absolute atomic E-state index is 9.24. The fourth-order valence-corrected chi connectivity index (χ4v) is 1.45. The fourth-order valence-electron chi connectivity index (χ4n) is 1.45. The van der Waals surface area contributed by atoms with E-state index in [0.29, 0.717) is 25.7 Å². The molecule has 0 saturated heterocycles. The van der Waals surface area contributed by atoms with Crippen LogP contribution in [0.2, 0.25) is 0 Å². The Labute approximate surface area is 71.5 Å². The summed E-state index contributed by atoms with van der Waals surface area (Å²) in [5.41, 5.74) is 0. The molecule has 4 N–H and O–H groups in total. The van der Waals surface area contributed by atoms with Crippen LogP contribution in [0.25, 0.3) is 0 Å².